The number of aromatic nitrogens is 1. The Morgan fingerprint density at radius 1 is 0.600 bits per heavy atom. The van der Waals surface area contributed by atoms with Gasteiger partial charge in [-0.2, -0.15) is 13.2 Å². The highest BCUT2D eigenvalue weighted by atomic mass is 32.1. The number of nitrogens with zero attached hydrogens (tertiary/aromatic N) is 1. The lowest BCUT2D eigenvalue weighted by Crippen LogP contribution is -2.05. The Labute approximate surface area is 233 Å². The largest absolute Gasteiger partial charge is 0.416 e. The summed E-state index contributed by atoms with van der Waals surface area (Å²) < 4.78 is 41.3. The Morgan fingerprint density at radius 3 is 1.98 bits per heavy atom. The topological polar surface area (TPSA) is 12.9 Å². The molecule has 2 aromatic heterocycles. The number of rotatable bonds is 3. The molecule has 194 valence electrons. The van der Waals surface area contributed by atoms with Crippen LogP contribution >= 0.6 is 11.3 Å². The van der Waals surface area contributed by atoms with Gasteiger partial charge in [-0.15, -0.1) is 11.3 Å². The van der Waals surface area contributed by atoms with Crippen LogP contribution in [0.4, 0.5) is 13.2 Å². The minimum Gasteiger partial charge on any atom is -0.245 e. The lowest BCUT2D eigenvalue weighted by atomic mass is 9.95. The SMILES string of the molecule is Cc1cc(-c2ccc3cc(-c4ccc(-c5cccc6c5sc5ncccc56)cc4)ccc3c2)cc(C(F)(F)F)c1. The first-order valence-electron chi connectivity index (χ1n) is 12.9. The van der Waals surface area contributed by atoms with Crippen molar-refractivity contribution >= 4 is 42.4 Å². The van der Waals surface area contributed by atoms with Crippen LogP contribution in [0, 0.1) is 6.92 Å². The van der Waals surface area contributed by atoms with Crippen molar-refractivity contribution in [3.05, 3.63) is 127 Å². The molecule has 2 heterocycles. The molecule has 5 aromatic carbocycles. The second-order valence-corrected chi connectivity index (χ2v) is 11.1. The van der Waals surface area contributed by atoms with Gasteiger partial charge in [0.25, 0.3) is 0 Å². The molecule has 0 saturated carbocycles. The zero-order chi connectivity index (χ0) is 27.4. The Hall–Kier alpha value is -4.48. The van der Waals surface area contributed by atoms with E-state index in [4.69, 9.17) is 0 Å². The maximum atomic E-state index is 13.4. The highest BCUT2D eigenvalue weighted by molar-refractivity contribution is 7.26. The number of hydrogen-bond acceptors (Lipinski definition) is 2. The molecule has 0 bridgehead atoms. The Morgan fingerprint density at radius 2 is 1.25 bits per heavy atom. The fourth-order valence-corrected chi connectivity index (χ4v) is 6.60. The lowest BCUT2D eigenvalue weighted by molar-refractivity contribution is -0.137. The first-order chi connectivity index (χ1) is 19.3. The number of pyridine rings is 1. The molecular formula is C35H22F3NS. The summed E-state index contributed by atoms with van der Waals surface area (Å²) in [5.74, 6) is 0. The molecule has 0 unspecified atom stereocenters. The van der Waals surface area contributed by atoms with E-state index >= 15 is 0 Å². The van der Waals surface area contributed by atoms with E-state index in [1.165, 1.54) is 33.2 Å². The van der Waals surface area contributed by atoms with Gasteiger partial charge in [-0.05, 0) is 93.0 Å². The van der Waals surface area contributed by atoms with Gasteiger partial charge in [-0.3, -0.25) is 0 Å². The van der Waals surface area contributed by atoms with Gasteiger partial charge in [0.2, 0.25) is 0 Å². The molecule has 0 spiro atoms. The maximum Gasteiger partial charge on any atom is 0.416 e. The number of hydrogen-bond donors (Lipinski definition) is 0. The van der Waals surface area contributed by atoms with Gasteiger partial charge < -0.3 is 0 Å². The van der Waals surface area contributed by atoms with Crippen molar-refractivity contribution in [2.75, 3.05) is 0 Å². The third-order valence-corrected chi connectivity index (χ3v) is 8.55. The average molecular weight is 546 g/mol. The molecule has 0 aliphatic carbocycles. The number of benzene rings is 5. The minimum atomic E-state index is -4.37. The van der Waals surface area contributed by atoms with E-state index in [1.807, 2.05) is 36.5 Å². The van der Waals surface area contributed by atoms with Crippen LogP contribution < -0.4 is 0 Å². The van der Waals surface area contributed by atoms with Crippen LogP contribution in [0.1, 0.15) is 11.1 Å². The van der Waals surface area contributed by atoms with Crippen LogP contribution in [0.2, 0.25) is 0 Å². The zero-order valence-corrected chi connectivity index (χ0v) is 22.3. The standard InChI is InChI=1S/C35H22F3NS/c1-21-16-28(20-29(17-21)35(36,37)38)27-14-13-25-18-24(11-12-26(25)19-27)22-7-9-23(10-8-22)30-4-2-5-31-32-6-3-15-39-34(32)40-33(30)31/h2-20H,1H3. The summed E-state index contributed by atoms with van der Waals surface area (Å²) in [6, 6.07) is 35.4. The van der Waals surface area contributed by atoms with E-state index < -0.39 is 11.7 Å². The van der Waals surface area contributed by atoms with Crippen molar-refractivity contribution in [2.45, 2.75) is 13.1 Å². The highest BCUT2D eigenvalue weighted by Gasteiger charge is 2.31. The Kier molecular flexibility index (Phi) is 5.72. The highest BCUT2D eigenvalue weighted by Crippen LogP contribution is 2.40. The van der Waals surface area contributed by atoms with E-state index in [2.05, 4.69) is 65.6 Å². The summed E-state index contributed by atoms with van der Waals surface area (Å²) in [5, 5.41) is 4.43. The van der Waals surface area contributed by atoms with Crippen LogP contribution in [-0.2, 0) is 6.18 Å². The van der Waals surface area contributed by atoms with Crippen LogP contribution in [0.5, 0.6) is 0 Å². The summed E-state index contributed by atoms with van der Waals surface area (Å²) in [6.07, 6.45) is -2.54. The quantitative estimate of drug-likeness (QED) is 0.215. The molecular weight excluding hydrogens is 523 g/mol. The molecule has 7 aromatic rings. The van der Waals surface area contributed by atoms with Crippen molar-refractivity contribution in [2.24, 2.45) is 0 Å². The maximum absolute atomic E-state index is 13.4. The Bertz CT molecular complexity index is 2050. The predicted molar refractivity (Wildman–Crippen MR) is 161 cm³/mol. The molecule has 0 N–H and O–H groups in total. The molecule has 5 heteroatoms. The number of fused-ring (bicyclic) bond motifs is 4. The molecule has 7 rings (SSSR count). The zero-order valence-electron chi connectivity index (χ0n) is 21.5. The molecule has 0 amide bonds. The van der Waals surface area contributed by atoms with Crippen molar-refractivity contribution < 1.29 is 13.2 Å². The van der Waals surface area contributed by atoms with E-state index in [0.717, 1.165) is 37.9 Å². The monoisotopic (exact) mass is 545 g/mol. The third-order valence-electron chi connectivity index (χ3n) is 7.38. The molecule has 0 fully saturated rings. The number of halogens is 3. The van der Waals surface area contributed by atoms with Gasteiger partial charge in [0.15, 0.2) is 0 Å². The van der Waals surface area contributed by atoms with E-state index in [0.29, 0.717) is 11.1 Å². The summed E-state index contributed by atoms with van der Waals surface area (Å²) in [4.78, 5) is 5.59. The fourth-order valence-electron chi connectivity index (χ4n) is 5.42. The summed E-state index contributed by atoms with van der Waals surface area (Å²) in [5.41, 5.74) is 5.85. The minimum absolute atomic E-state index is 0.568. The smallest absolute Gasteiger partial charge is 0.245 e. The van der Waals surface area contributed by atoms with Gasteiger partial charge >= 0.3 is 6.18 Å². The van der Waals surface area contributed by atoms with Crippen molar-refractivity contribution in [1.82, 2.24) is 4.98 Å². The normalized spacial score (nSPS) is 12.0. The van der Waals surface area contributed by atoms with Crippen LogP contribution in [-0.4, -0.2) is 4.98 Å². The summed E-state index contributed by atoms with van der Waals surface area (Å²) in [7, 11) is 0. The average Bonchev–Trinajstić information content (AvgIpc) is 3.35. The molecule has 0 aliphatic heterocycles. The first-order valence-corrected chi connectivity index (χ1v) is 13.8. The van der Waals surface area contributed by atoms with Gasteiger partial charge in [-0.1, -0.05) is 72.8 Å². The predicted octanol–water partition coefficient (Wildman–Crippen LogP) is 10.9. The number of alkyl halides is 3. The van der Waals surface area contributed by atoms with Crippen LogP contribution in [0.15, 0.2) is 115 Å². The van der Waals surface area contributed by atoms with Crippen LogP contribution in [0.25, 0.3) is 64.5 Å². The molecule has 0 saturated heterocycles. The van der Waals surface area contributed by atoms with Gasteiger partial charge in [0, 0.05) is 21.7 Å². The van der Waals surface area contributed by atoms with E-state index in [1.54, 1.807) is 24.3 Å². The van der Waals surface area contributed by atoms with Crippen molar-refractivity contribution in [3.8, 4) is 33.4 Å². The second-order valence-electron chi connectivity index (χ2n) is 10.1. The van der Waals surface area contributed by atoms with Crippen molar-refractivity contribution in [3.63, 3.8) is 0 Å². The first kappa shape index (κ1) is 24.6. The molecule has 0 aliphatic rings. The summed E-state index contributed by atoms with van der Waals surface area (Å²) in [6.45, 7) is 1.69. The molecule has 0 radical (unpaired) electrons. The fraction of sp³-hybridized carbons (Fsp3) is 0.0571. The second kappa shape index (κ2) is 9.32. The van der Waals surface area contributed by atoms with Gasteiger partial charge in [0.05, 0.1) is 5.56 Å². The molecule has 0 atom stereocenters. The third kappa shape index (κ3) is 4.33. The number of thiophene rings is 1. The van der Waals surface area contributed by atoms with Gasteiger partial charge in [-0.25, -0.2) is 4.98 Å². The van der Waals surface area contributed by atoms with Gasteiger partial charge in [0.1, 0.15) is 4.83 Å². The Balaban J connectivity index is 1.22. The number of aryl methyl sites for hydroxylation is 1. The molecule has 1 nitrogen and oxygen atoms in total. The van der Waals surface area contributed by atoms with Crippen LogP contribution in [0.3, 0.4) is 0 Å². The summed E-state index contributed by atoms with van der Waals surface area (Å²) >= 11 is 1.72. The lowest BCUT2D eigenvalue weighted by Gasteiger charge is -2.12. The molecule has 40 heavy (non-hydrogen) atoms. The van der Waals surface area contributed by atoms with E-state index in [9.17, 15) is 13.2 Å². The van der Waals surface area contributed by atoms with E-state index in [-0.39, 0.29) is 0 Å². The van der Waals surface area contributed by atoms with Crippen molar-refractivity contribution in [1.29, 1.82) is 0 Å².